The lowest BCUT2D eigenvalue weighted by Crippen LogP contribution is -2.50. The minimum absolute atomic E-state index is 0.0632. The molecule has 0 unspecified atom stereocenters. The molecule has 0 saturated carbocycles. The van der Waals surface area contributed by atoms with Gasteiger partial charge in [0.05, 0.1) is 16.3 Å². The highest BCUT2D eigenvalue weighted by Crippen LogP contribution is 2.55. The Kier molecular flexibility index (Phi) is 6.92. The van der Waals surface area contributed by atoms with Gasteiger partial charge in [0.15, 0.2) is 0 Å². The fraction of sp³-hybridized carbons (Fsp3) is 0.235. The van der Waals surface area contributed by atoms with Gasteiger partial charge >= 0.3 is 24.2 Å². The summed E-state index contributed by atoms with van der Waals surface area (Å²) in [5.41, 5.74) is -6.84. The molecule has 0 fully saturated rings. The molecule has 0 bridgehead atoms. The number of hydrogen-bond acceptors (Lipinski definition) is 2. The van der Waals surface area contributed by atoms with E-state index >= 15 is 0 Å². The van der Waals surface area contributed by atoms with E-state index in [0.717, 1.165) is 12.1 Å². The van der Waals surface area contributed by atoms with Crippen LogP contribution in [-0.2, 0) is 11.8 Å². The molecule has 0 aliphatic rings. The molecule has 0 heterocycles. The van der Waals surface area contributed by atoms with Crippen molar-refractivity contribution in [3.05, 3.63) is 55.6 Å². The predicted molar refractivity (Wildman–Crippen MR) is 103 cm³/mol. The number of benzene rings is 2. The summed E-state index contributed by atoms with van der Waals surface area (Å²) in [5.74, 6) is -1.26. The van der Waals surface area contributed by atoms with E-state index in [1.54, 1.807) is 27.9 Å². The first-order chi connectivity index (χ1) is 14.3. The smallest absolute Gasteiger partial charge is 0.398 e. The van der Waals surface area contributed by atoms with E-state index in [1.807, 2.05) is 0 Å². The van der Waals surface area contributed by atoms with Gasteiger partial charge in [0, 0.05) is 20.4 Å². The summed E-state index contributed by atoms with van der Waals surface area (Å²) in [6, 6.07) is 2.54. The molecule has 0 aliphatic heterocycles. The molecule has 0 aliphatic carbocycles. The first kappa shape index (κ1) is 26.3. The highest BCUT2D eigenvalue weighted by molar-refractivity contribution is 14.1. The summed E-state index contributed by atoms with van der Waals surface area (Å²) in [6.45, 7) is 0. The van der Waals surface area contributed by atoms with Crippen molar-refractivity contribution in [2.45, 2.75) is 24.2 Å². The van der Waals surface area contributed by atoms with Gasteiger partial charge in [0.1, 0.15) is 0 Å². The molecule has 32 heavy (non-hydrogen) atoms. The second-order valence-corrected chi connectivity index (χ2v) is 7.79. The topological polar surface area (TPSA) is 55.1 Å². The van der Waals surface area contributed by atoms with E-state index in [-0.39, 0.29) is 17.3 Å². The summed E-state index contributed by atoms with van der Waals surface area (Å²) in [4.78, 5) is 12.3. The van der Waals surface area contributed by atoms with Gasteiger partial charge in [-0.25, -0.2) is 4.39 Å². The highest BCUT2D eigenvalue weighted by atomic mass is 127. The predicted octanol–water partition coefficient (Wildman–Crippen LogP) is 7.09. The van der Waals surface area contributed by atoms with Gasteiger partial charge < -0.3 is 11.1 Å². The molecule has 0 aromatic heterocycles. The maximum absolute atomic E-state index is 14.2. The standard InChI is InChI=1S/C17H8ClF10IN2O/c18-9-5-7(14(19,16(23,24)25)17(26,27)28)4-8(15(20,21)22)12(9)31-13(32)6-1-2-10(29)11(30)3-6/h1-5H,30H2,(H,31,32). The Bertz CT molecular complexity index is 1040. The van der Waals surface area contributed by atoms with Crippen LogP contribution in [0.4, 0.5) is 55.3 Å². The van der Waals surface area contributed by atoms with E-state index in [0.29, 0.717) is 3.57 Å². The molecule has 0 saturated heterocycles. The Morgan fingerprint density at radius 1 is 0.906 bits per heavy atom. The minimum Gasteiger partial charge on any atom is -0.398 e. The zero-order valence-electron chi connectivity index (χ0n) is 14.9. The summed E-state index contributed by atoms with van der Waals surface area (Å²) >= 11 is 7.28. The summed E-state index contributed by atoms with van der Waals surface area (Å²) in [5, 5.41) is 0.265. The van der Waals surface area contributed by atoms with Crippen molar-refractivity contribution in [3.8, 4) is 0 Å². The number of carbonyl (C=O) groups is 1. The van der Waals surface area contributed by atoms with Crippen LogP contribution < -0.4 is 11.1 Å². The van der Waals surface area contributed by atoms with Crippen LogP contribution in [0.15, 0.2) is 30.3 Å². The minimum atomic E-state index is -6.67. The van der Waals surface area contributed by atoms with Crippen LogP contribution in [0.1, 0.15) is 21.5 Å². The van der Waals surface area contributed by atoms with Gasteiger partial charge in [-0.1, -0.05) is 11.6 Å². The molecular formula is C17H8ClF10IN2O. The molecule has 2 rings (SSSR count). The molecule has 3 nitrogen and oxygen atoms in total. The highest BCUT2D eigenvalue weighted by Gasteiger charge is 2.73. The number of halogens is 12. The van der Waals surface area contributed by atoms with Gasteiger partial charge in [0.2, 0.25) is 0 Å². The maximum atomic E-state index is 14.2. The lowest BCUT2D eigenvalue weighted by molar-refractivity contribution is -0.348. The lowest BCUT2D eigenvalue weighted by Gasteiger charge is -2.31. The van der Waals surface area contributed by atoms with Crippen LogP contribution in [-0.4, -0.2) is 18.3 Å². The number of nitrogens with one attached hydrogen (secondary N) is 1. The Balaban J connectivity index is 2.69. The summed E-state index contributed by atoms with van der Waals surface area (Å²) in [7, 11) is 0. The Morgan fingerprint density at radius 3 is 1.88 bits per heavy atom. The van der Waals surface area contributed by atoms with E-state index in [2.05, 4.69) is 0 Å². The van der Waals surface area contributed by atoms with Crippen molar-refractivity contribution < 1.29 is 48.7 Å². The summed E-state index contributed by atoms with van der Waals surface area (Å²) in [6.07, 6.45) is -19.0. The first-order valence-corrected chi connectivity index (χ1v) is 9.36. The third-order valence-electron chi connectivity index (χ3n) is 4.07. The molecule has 0 atom stereocenters. The number of rotatable bonds is 3. The van der Waals surface area contributed by atoms with E-state index in [9.17, 15) is 48.7 Å². The van der Waals surface area contributed by atoms with Crippen LogP contribution in [0.25, 0.3) is 0 Å². The second-order valence-electron chi connectivity index (χ2n) is 6.22. The zero-order chi connectivity index (χ0) is 24.9. The lowest BCUT2D eigenvalue weighted by atomic mass is 9.91. The monoisotopic (exact) mass is 608 g/mol. The van der Waals surface area contributed by atoms with Gasteiger partial charge in [-0.3, -0.25) is 4.79 Å². The number of nitrogen functional groups attached to an aromatic ring is 1. The largest absolute Gasteiger partial charge is 0.435 e. The first-order valence-electron chi connectivity index (χ1n) is 7.90. The molecule has 2 aromatic carbocycles. The van der Waals surface area contributed by atoms with E-state index < -0.39 is 58.0 Å². The van der Waals surface area contributed by atoms with Crippen LogP contribution >= 0.6 is 34.2 Å². The molecule has 176 valence electrons. The zero-order valence-corrected chi connectivity index (χ0v) is 17.8. The number of alkyl halides is 10. The van der Waals surface area contributed by atoms with Crippen molar-refractivity contribution in [1.29, 1.82) is 0 Å². The molecule has 15 heteroatoms. The average molecular weight is 609 g/mol. The normalized spacial score (nSPS) is 13.2. The van der Waals surface area contributed by atoms with Crippen molar-refractivity contribution in [2.24, 2.45) is 0 Å². The quantitative estimate of drug-likeness (QED) is 0.222. The Morgan fingerprint density at radius 2 is 1.44 bits per heavy atom. The second kappa shape index (κ2) is 8.43. The number of nitrogens with two attached hydrogens (primary N) is 1. The number of hydrogen-bond donors (Lipinski definition) is 2. The van der Waals surface area contributed by atoms with Gasteiger partial charge in [-0.05, 0) is 52.9 Å². The number of carbonyl (C=O) groups excluding carboxylic acids is 1. The van der Waals surface area contributed by atoms with Crippen LogP contribution in [0.3, 0.4) is 0 Å². The van der Waals surface area contributed by atoms with Crippen molar-refractivity contribution >= 4 is 51.5 Å². The van der Waals surface area contributed by atoms with E-state index in [1.165, 1.54) is 6.07 Å². The number of amides is 1. The fourth-order valence-corrected chi connectivity index (χ4v) is 3.12. The van der Waals surface area contributed by atoms with Crippen LogP contribution in [0, 0.1) is 3.57 Å². The summed E-state index contributed by atoms with van der Waals surface area (Å²) < 4.78 is 133. The van der Waals surface area contributed by atoms with Gasteiger partial charge in [0.25, 0.3) is 5.91 Å². The van der Waals surface area contributed by atoms with Crippen LogP contribution in [0.2, 0.25) is 5.02 Å². The molecule has 1 amide bonds. The van der Waals surface area contributed by atoms with Crippen LogP contribution in [0.5, 0.6) is 0 Å². The van der Waals surface area contributed by atoms with Crippen molar-refractivity contribution in [3.63, 3.8) is 0 Å². The molecular weight excluding hydrogens is 601 g/mol. The average Bonchev–Trinajstić information content (AvgIpc) is 2.61. The molecule has 0 radical (unpaired) electrons. The van der Waals surface area contributed by atoms with Gasteiger partial charge in [-0.15, -0.1) is 0 Å². The molecule has 2 aromatic rings. The molecule has 0 spiro atoms. The Hall–Kier alpha value is -1.97. The Labute approximate surface area is 191 Å². The third kappa shape index (κ3) is 4.84. The fourth-order valence-electron chi connectivity index (χ4n) is 2.51. The van der Waals surface area contributed by atoms with Crippen molar-refractivity contribution in [1.82, 2.24) is 0 Å². The third-order valence-corrected chi connectivity index (χ3v) is 5.35. The van der Waals surface area contributed by atoms with Gasteiger partial charge in [-0.2, -0.15) is 39.5 Å². The maximum Gasteiger partial charge on any atom is 0.435 e. The SMILES string of the molecule is Nc1cc(C(=O)Nc2c(Cl)cc(C(F)(C(F)(F)F)C(F)(F)F)cc2C(F)(F)F)ccc1I. The van der Waals surface area contributed by atoms with E-state index in [4.69, 9.17) is 17.3 Å². The van der Waals surface area contributed by atoms with Crippen molar-refractivity contribution in [2.75, 3.05) is 11.1 Å². The molecule has 3 N–H and O–H groups in total. The number of anilines is 2.